The van der Waals surface area contributed by atoms with Gasteiger partial charge in [0.2, 0.25) is 0 Å². The number of phenolic OH excluding ortho intramolecular Hbond substituents is 2. The minimum absolute atomic E-state index is 0.114. The van der Waals surface area contributed by atoms with E-state index in [9.17, 15) is 24.9 Å². The van der Waals surface area contributed by atoms with Crippen LogP contribution in [-0.4, -0.2) is 44.4 Å². The van der Waals surface area contributed by atoms with Gasteiger partial charge in [0, 0.05) is 17.8 Å². The van der Waals surface area contributed by atoms with Crippen LogP contribution in [-0.2, 0) is 9.53 Å². The van der Waals surface area contributed by atoms with Crippen molar-refractivity contribution in [2.75, 3.05) is 0 Å². The number of hydrogen-bond acceptors (Lipinski definition) is 7. The summed E-state index contributed by atoms with van der Waals surface area (Å²) in [6, 6.07) is 5.97. The topological polar surface area (TPSA) is 143 Å². The van der Waals surface area contributed by atoms with E-state index >= 15 is 0 Å². The van der Waals surface area contributed by atoms with Gasteiger partial charge in [0.05, 0.1) is 5.56 Å². The summed E-state index contributed by atoms with van der Waals surface area (Å²) in [6.07, 6.45) is 0.871. The molecule has 1 aromatic carbocycles. The molecule has 0 aliphatic heterocycles. The number of aromatic hydroxyl groups is 2. The van der Waals surface area contributed by atoms with Gasteiger partial charge in [-0.25, -0.2) is 4.79 Å². The summed E-state index contributed by atoms with van der Waals surface area (Å²) in [5.74, 6) is -3.26. The van der Waals surface area contributed by atoms with Gasteiger partial charge in [-0.3, -0.25) is 9.78 Å². The van der Waals surface area contributed by atoms with Crippen molar-refractivity contribution in [2.24, 2.45) is 5.73 Å². The van der Waals surface area contributed by atoms with Crippen molar-refractivity contribution in [1.29, 1.82) is 0 Å². The number of aliphatic carboxylic acids is 1. The minimum Gasteiger partial charge on any atom is -0.504 e. The quantitative estimate of drug-likeness (QED) is 0.425. The summed E-state index contributed by atoms with van der Waals surface area (Å²) in [7, 11) is 0. The third kappa shape index (κ3) is 5.18. The second-order valence-electron chi connectivity index (χ2n) is 6.36. The van der Waals surface area contributed by atoms with Crippen LogP contribution in [0.5, 0.6) is 11.5 Å². The van der Waals surface area contributed by atoms with Crippen LogP contribution in [0.15, 0.2) is 36.5 Å². The molecule has 144 valence electrons. The Labute approximate surface area is 156 Å². The minimum atomic E-state index is -1.28. The molecule has 0 saturated heterocycles. The molecule has 0 aliphatic rings. The number of benzene rings is 1. The van der Waals surface area contributed by atoms with E-state index in [0.717, 1.165) is 5.69 Å². The zero-order valence-corrected chi connectivity index (χ0v) is 15.0. The average molecular weight is 374 g/mol. The van der Waals surface area contributed by atoms with Crippen molar-refractivity contribution in [1.82, 2.24) is 4.98 Å². The first-order chi connectivity index (χ1) is 12.7. The molecule has 0 radical (unpaired) electrons. The van der Waals surface area contributed by atoms with Crippen molar-refractivity contribution in [3.05, 3.63) is 53.3 Å². The number of rotatable bonds is 7. The van der Waals surface area contributed by atoms with Crippen LogP contribution in [0.4, 0.5) is 0 Å². The molecular formula is C19H22N2O6. The van der Waals surface area contributed by atoms with Crippen LogP contribution in [0.25, 0.3) is 0 Å². The van der Waals surface area contributed by atoms with E-state index in [1.807, 2.05) is 0 Å². The number of nitrogens with two attached hydrogens (primary N) is 1. The Bertz CT molecular complexity index is 821. The van der Waals surface area contributed by atoms with E-state index in [0.29, 0.717) is 5.56 Å². The molecule has 0 amide bonds. The first-order valence-corrected chi connectivity index (χ1v) is 8.33. The van der Waals surface area contributed by atoms with Crippen LogP contribution < -0.4 is 5.73 Å². The largest absolute Gasteiger partial charge is 0.504 e. The van der Waals surface area contributed by atoms with Crippen molar-refractivity contribution in [3.63, 3.8) is 0 Å². The third-order valence-corrected chi connectivity index (χ3v) is 4.19. The predicted molar refractivity (Wildman–Crippen MR) is 96.6 cm³/mol. The number of pyridine rings is 1. The molecule has 2 rings (SSSR count). The van der Waals surface area contributed by atoms with E-state index < -0.39 is 30.0 Å². The number of carboxylic acids is 1. The first kappa shape index (κ1) is 20.2. The number of phenols is 2. The summed E-state index contributed by atoms with van der Waals surface area (Å²) in [5.41, 5.74) is 7.26. The van der Waals surface area contributed by atoms with Gasteiger partial charge < -0.3 is 25.8 Å². The normalized spacial score (nSPS) is 14.2. The average Bonchev–Trinajstić information content (AvgIpc) is 2.62. The van der Waals surface area contributed by atoms with Crippen molar-refractivity contribution >= 4 is 11.9 Å². The fraction of sp³-hybridized carbons (Fsp3) is 0.316. The molecule has 27 heavy (non-hydrogen) atoms. The molecule has 8 nitrogen and oxygen atoms in total. The van der Waals surface area contributed by atoms with E-state index in [4.69, 9.17) is 10.5 Å². The lowest BCUT2D eigenvalue weighted by Crippen LogP contribution is -2.38. The number of esters is 1. The maximum atomic E-state index is 12.2. The maximum absolute atomic E-state index is 12.2. The molecule has 1 heterocycles. The lowest BCUT2D eigenvalue weighted by molar-refractivity contribution is -0.139. The van der Waals surface area contributed by atoms with E-state index in [1.54, 1.807) is 26.0 Å². The molecule has 0 aliphatic carbocycles. The molecule has 0 bridgehead atoms. The van der Waals surface area contributed by atoms with Crippen LogP contribution in [0.2, 0.25) is 0 Å². The molecule has 1 aromatic heterocycles. The maximum Gasteiger partial charge on any atom is 0.339 e. The van der Waals surface area contributed by atoms with Crippen LogP contribution >= 0.6 is 0 Å². The van der Waals surface area contributed by atoms with E-state index in [1.165, 1.54) is 24.4 Å². The molecule has 1 unspecified atom stereocenters. The highest BCUT2D eigenvalue weighted by Gasteiger charge is 2.29. The Morgan fingerprint density at radius 2 is 1.89 bits per heavy atom. The number of carboxylic acid groups (broad SMARTS) is 1. The standard InChI is InChI=1S/C19H22N2O6/c1-10-3-4-13(9-21-10)19(26)27-11(2)7-14(17(20)18(24)25)12-5-6-15(22)16(23)8-12/h3-6,8-9,11,14,17,22-23H,7,20H2,1-2H3,(H,24,25)/t11-,14?,17+/m1/s1. The number of nitrogens with zero attached hydrogens (tertiary/aromatic N) is 1. The van der Waals surface area contributed by atoms with Crippen LogP contribution in [0.1, 0.15) is 40.9 Å². The van der Waals surface area contributed by atoms with Gasteiger partial charge in [0.1, 0.15) is 12.1 Å². The van der Waals surface area contributed by atoms with Gasteiger partial charge in [-0.05, 0) is 50.1 Å². The Balaban J connectivity index is 2.16. The number of carbonyl (C=O) groups is 2. The SMILES string of the molecule is Cc1ccc(C(=O)O[C@H](C)CC(c2ccc(O)c(O)c2)[C@H](N)C(=O)O)cn1. The second-order valence-corrected chi connectivity index (χ2v) is 6.36. The zero-order valence-electron chi connectivity index (χ0n) is 15.0. The number of aryl methyl sites for hydroxylation is 1. The number of ether oxygens (including phenoxy) is 1. The van der Waals surface area contributed by atoms with Crippen molar-refractivity contribution in [2.45, 2.75) is 38.3 Å². The Morgan fingerprint density at radius 3 is 2.44 bits per heavy atom. The highest BCUT2D eigenvalue weighted by Crippen LogP contribution is 2.32. The second kappa shape index (κ2) is 8.50. The molecule has 3 atom stereocenters. The lowest BCUT2D eigenvalue weighted by Gasteiger charge is -2.25. The smallest absolute Gasteiger partial charge is 0.339 e. The van der Waals surface area contributed by atoms with Gasteiger partial charge in [-0.2, -0.15) is 0 Å². The Morgan fingerprint density at radius 1 is 1.19 bits per heavy atom. The van der Waals surface area contributed by atoms with Crippen molar-refractivity contribution in [3.8, 4) is 11.5 Å². The summed E-state index contributed by atoms with van der Waals surface area (Å²) in [4.78, 5) is 27.6. The summed E-state index contributed by atoms with van der Waals surface area (Å²) >= 11 is 0. The fourth-order valence-corrected chi connectivity index (χ4v) is 2.68. The number of carbonyl (C=O) groups excluding carboxylic acids is 1. The molecule has 0 saturated carbocycles. The van der Waals surface area contributed by atoms with E-state index in [-0.39, 0.29) is 23.5 Å². The number of aromatic nitrogens is 1. The Kier molecular flexibility index (Phi) is 6.36. The van der Waals surface area contributed by atoms with Gasteiger partial charge in [-0.15, -0.1) is 0 Å². The monoisotopic (exact) mass is 374 g/mol. The summed E-state index contributed by atoms with van der Waals surface area (Å²) in [5, 5.41) is 28.4. The van der Waals surface area contributed by atoms with Gasteiger partial charge >= 0.3 is 11.9 Å². The molecule has 5 N–H and O–H groups in total. The molecule has 0 fully saturated rings. The predicted octanol–water partition coefficient (Wildman–Crippen LogP) is 1.93. The van der Waals surface area contributed by atoms with Gasteiger partial charge in [0.25, 0.3) is 0 Å². The molecular weight excluding hydrogens is 352 g/mol. The van der Waals surface area contributed by atoms with Gasteiger partial charge in [0.15, 0.2) is 11.5 Å². The first-order valence-electron chi connectivity index (χ1n) is 8.33. The van der Waals surface area contributed by atoms with Crippen LogP contribution in [0.3, 0.4) is 0 Å². The molecule has 2 aromatic rings. The Hall–Kier alpha value is -3.13. The molecule has 0 spiro atoms. The molecule has 8 heteroatoms. The zero-order chi connectivity index (χ0) is 20.1. The highest BCUT2D eigenvalue weighted by molar-refractivity contribution is 5.89. The number of hydrogen-bond donors (Lipinski definition) is 4. The van der Waals surface area contributed by atoms with E-state index in [2.05, 4.69) is 4.98 Å². The lowest BCUT2D eigenvalue weighted by atomic mass is 9.87. The van der Waals surface area contributed by atoms with Gasteiger partial charge in [-0.1, -0.05) is 6.07 Å². The fourth-order valence-electron chi connectivity index (χ4n) is 2.68. The highest BCUT2D eigenvalue weighted by atomic mass is 16.5. The summed E-state index contributed by atoms with van der Waals surface area (Å²) < 4.78 is 5.37. The third-order valence-electron chi connectivity index (χ3n) is 4.19. The summed E-state index contributed by atoms with van der Waals surface area (Å²) in [6.45, 7) is 3.42. The van der Waals surface area contributed by atoms with Crippen molar-refractivity contribution < 1.29 is 29.6 Å². The van der Waals surface area contributed by atoms with Crippen LogP contribution in [0, 0.1) is 6.92 Å².